The van der Waals surface area contributed by atoms with E-state index in [1.54, 1.807) is 19.5 Å². The van der Waals surface area contributed by atoms with E-state index in [4.69, 9.17) is 10.5 Å². The number of nitrogens with two attached hydrogens (primary N) is 1. The molecule has 144 valence electrons. The fourth-order valence-corrected chi connectivity index (χ4v) is 3.55. The molecule has 4 N–H and O–H groups in total. The molecule has 0 spiro atoms. The average Bonchev–Trinajstić information content (AvgIpc) is 2.72. The van der Waals surface area contributed by atoms with Crippen LogP contribution in [0, 0.1) is 5.92 Å². The molecule has 0 aliphatic heterocycles. The molecule has 0 radical (unpaired) electrons. The number of rotatable bonds is 6. The van der Waals surface area contributed by atoms with Crippen molar-refractivity contribution in [1.82, 2.24) is 20.6 Å². The maximum Gasteiger partial charge on any atom is 0.223 e. The Kier molecular flexibility index (Phi) is 6.24. The number of carbonyl (C=O) groups is 1. The zero-order valence-corrected chi connectivity index (χ0v) is 15.9. The molecular weight excluding hydrogens is 342 g/mol. The number of methoxy groups -OCH3 is 1. The minimum Gasteiger partial charge on any atom is -0.496 e. The van der Waals surface area contributed by atoms with Crippen molar-refractivity contribution in [3.8, 4) is 16.9 Å². The molecule has 1 fully saturated rings. The number of nitrogen functional groups attached to an aromatic ring is 1. The third kappa shape index (κ3) is 4.74. The summed E-state index contributed by atoms with van der Waals surface area (Å²) in [5, 5.41) is 6.37. The van der Waals surface area contributed by atoms with Crippen LogP contribution in [0.5, 0.6) is 5.75 Å². The minimum absolute atomic E-state index is 0.0919. The van der Waals surface area contributed by atoms with Gasteiger partial charge in [0.25, 0.3) is 0 Å². The van der Waals surface area contributed by atoms with Crippen molar-refractivity contribution < 1.29 is 9.53 Å². The van der Waals surface area contributed by atoms with Gasteiger partial charge in [-0.2, -0.15) is 0 Å². The normalized spacial score (nSPS) is 19.5. The molecule has 27 heavy (non-hydrogen) atoms. The van der Waals surface area contributed by atoms with E-state index in [2.05, 4.69) is 20.6 Å². The zero-order valence-electron chi connectivity index (χ0n) is 15.9. The molecule has 1 aromatic heterocycles. The molecular formula is C20H27N5O2. The summed E-state index contributed by atoms with van der Waals surface area (Å²) in [5.74, 6) is 1.20. The summed E-state index contributed by atoms with van der Waals surface area (Å²) >= 11 is 0. The van der Waals surface area contributed by atoms with Crippen LogP contribution in [0.15, 0.2) is 30.6 Å². The van der Waals surface area contributed by atoms with E-state index in [0.717, 1.165) is 48.1 Å². The van der Waals surface area contributed by atoms with Gasteiger partial charge in [0, 0.05) is 42.0 Å². The molecule has 1 aliphatic rings. The van der Waals surface area contributed by atoms with Crippen LogP contribution in [0.2, 0.25) is 0 Å². The quantitative estimate of drug-likeness (QED) is 0.721. The molecule has 7 heteroatoms. The Morgan fingerprint density at radius 1 is 1.19 bits per heavy atom. The minimum atomic E-state index is 0.0919. The second kappa shape index (κ2) is 8.81. The highest BCUT2D eigenvalue weighted by Gasteiger charge is 2.25. The lowest BCUT2D eigenvalue weighted by Crippen LogP contribution is -2.37. The molecule has 0 unspecified atom stereocenters. The van der Waals surface area contributed by atoms with Gasteiger partial charge in [0.05, 0.1) is 7.11 Å². The van der Waals surface area contributed by atoms with Gasteiger partial charge in [0.15, 0.2) is 0 Å². The first-order valence-corrected chi connectivity index (χ1v) is 9.30. The van der Waals surface area contributed by atoms with Crippen molar-refractivity contribution in [1.29, 1.82) is 0 Å². The number of aromatic nitrogens is 2. The largest absolute Gasteiger partial charge is 0.496 e. The van der Waals surface area contributed by atoms with Gasteiger partial charge < -0.3 is 21.1 Å². The maximum atomic E-state index is 12.6. The number of hydrogen-bond acceptors (Lipinski definition) is 6. The molecule has 1 aliphatic carbocycles. The zero-order chi connectivity index (χ0) is 19.2. The molecule has 1 saturated carbocycles. The van der Waals surface area contributed by atoms with E-state index in [0.29, 0.717) is 12.6 Å². The van der Waals surface area contributed by atoms with Crippen molar-refractivity contribution in [2.45, 2.75) is 38.3 Å². The van der Waals surface area contributed by atoms with Crippen LogP contribution in [-0.4, -0.2) is 36.1 Å². The van der Waals surface area contributed by atoms with Crippen molar-refractivity contribution in [2.24, 2.45) is 5.92 Å². The fourth-order valence-electron chi connectivity index (χ4n) is 3.55. The summed E-state index contributed by atoms with van der Waals surface area (Å²) in [6, 6.07) is 6.36. The number of nitrogens with one attached hydrogen (secondary N) is 2. The van der Waals surface area contributed by atoms with Crippen LogP contribution in [0.1, 0.15) is 31.2 Å². The average molecular weight is 369 g/mol. The second-order valence-electron chi connectivity index (χ2n) is 6.91. The predicted octanol–water partition coefficient (Wildman–Crippen LogP) is 2.13. The monoisotopic (exact) mass is 369 g/mol. The molecule has 1 aromatic carbocycles. The summed E-state index contributed by atoms with van der Waals surface area (Å²) in [5.41, 5.74) is 8.30. The Balaban J connectivity index is 1.67. The highest BCUT2D eigenvalue weighted by molar-refractivity contribution is 5.79. The molecule has 3 rings (SSSR count). The standard InChI is InChI=1S/C20H27N5O2/c1-22-17-6-3-13(4-7-17)19(26)23-10-15-9-14(5-8-18(15)27-2)16-11-24-20(21)25-12-16/h5,8-9,11-13,17,22H,3-4,6-7,10H2,1-2H3,(H,23,26)(H2,21,24,25). The summed E-state index contributed by atoms with van der Waals surface area (Å²) in [6.07, 6.45) is 7.32. The number of nitrogens with zero attached hydrogens (tertiary/aromatic N) is 2. The van der Waals surface area contributed by atoms with Gasteiger partial charge in [-0.3, -0.25) is 4.79 Å². The Labute approximate surface area is 159 Å². The second-order valence-corrected chi connectivity index (χ2v) is 6.91. The van der Waals surface area contributed by atoms with Crippen molar-refractivity contribution in [2.75, 3.05) is 19.9 Å². The highest BCUT2D eigenvalue weighted by atomic mass is 16.5. The molecule has 0 bridgehead atoms. The van der Waals surface area contributed by atoms with Gasteiger partial charge in [-0.15, -0.1) is 0 Å². The number of benzene rings is 1. The van der Waals surface area contributed by atoms with E-state index >= 15 is 0 Å². The van der Waals surface area contributed by atoms with Crippen LogP contribution >= 0.6 is 0 Å². The third-order valence-electron chi connectivity index (χ3n) is 5.24. The van der Waals surface area contributed by atoms with Gasteiger partial charge in [-0.1, -0.05) is 6.07 Å². The Morgan fingerprint density at radius 3 is 2.52 bits per heavy atom. The van der Waals surface area contributed by atoms with E-state index in [1.165, 1.54) is 0 Å². The molecule has 1 heterocycles. The van der Waals surface area contributed by atoms with Crippen LogP contribution in [0.3, 0.4) is 0 Å². The van der Waals surface area contributed by atoms with Crippen molar-refractivity contribution in [3.63, 3.8) is 0 Å². The van der Waals surface area contributed by atoms with Crippen molar-refractivity contribution in [3.05, 3.63) is 36.2 Å². The van der Waals surface area contributed by atoms with Gasteiger partial charge >= 0.3 is 0 Å². The lowest BCUT2D eigenvalue weighted by Gasteiger charge is -2.27. The highest BCUT2D eigenvalue weighted by Crippen LogP contribution is 2.27. The molecule has 0 saturated heterocycles. The first kappa shape index (κ1) is 19.1. The maximum absolute atomic E-state index is 12.6. The number of ether oxygens (including phenoxy) is 1. The number of carbonyl (C=O) groups excluding carboxylic acids is 1. The van der Waals surface area contributed by atoms with Gasteiger partial charge in [0.2, 0.25) is 11.9 Å². The molecule has 2 aromatic rings. The Bertz CT molecular complexity index is 770. The predicted molar refractivity (Wildman–Crippen MR) is 105 cm³/mol. The Morgan fingerprint density at radius 2 is 1.89 bits per heavy atom. The summed E-state index contributed by atoms with van der Waals surface area (Å²) in [7, 11) is 3.61. The molecule has 1 amide bonds. The van der Waals surface area contributed by atoms with Crippen LogP contribution in [0.4, 0.5) is 5.95 Å². The SMILES string of the molecule is CNC1CCC(C(=O)NCc2cc(-c3cnc(N)nc3)ccc2OC)CC1. The van der Waals surface area contributed by atoms with E-state index in [1.807, 2.05) is 25.2 Å². The molecule has 7 nitrogen and oxygen atoms in total. The van der Waals surface area contributed by atoms with Gasteiger partial charge in [-0.05, 0) is 50.4 Å². The van der Waals surface area contributed by atoms with E-state index in [9.17, 15) is 4.79 Å². The summed E-state index contributed by atoms with van der Waals surface area (Å²) < 4.78 is 5.45. The first-order valence-electron chi connectivity index (χ1n) is 9.30. The van der Waals surface area contributed by atoms with Crippen LogP contribution in [0.25, 0.3) is 11.1 Å². The van der Waals surface area contributed by atoms with Gasteiger partial charge in [-0.25, -0.2) is 9.97 Å². The first-order chi connectivity index (χ1) is 13.1. The van der Waals surface area contributed by atoms with Crippen LogP contribution in [-0.2, 0) is 11.3 Å². The van der Waals surface area contributed by atoms with Gasteiger partial charge in [0.1, 0.15) is 5.75 Å². The smallest absolute Gasteiger partial charge is 0.223 e. The summed E-state index contributed by atoms with van der Waals surface area (Å²) in [6.45, 7) is 0.428. The van der Waals surface area contributed by atoms with Crippen LogP contribution < -0.4 is 21.1 Å². The number of amides is 1. The number of hydrogen-bond donors (Lipinski definition) is 3. The lowest BCUT2D eigenvalue weighted by atomic mass is 9.85. The Hall–Kier alpha value is -2.67. The van der Waals surface area contributed by atoms with E-state index in [-0.39, 0.29) is 17.8 Å². The fraction of sp³-hybridized carbons (Fsp3) is 0.450. The third-order valence-corrected chi connectivity index (χ3v) is 5.24. The molecule has 0 atom stereocenters. The summed E-state index contributed by atoms with van der Waals surface area (Å²) in [4.78, 5) is 20.6. The number of anilines is 1. The van der Waals surface area contributed by atoms with Crippen molar-refractivity contribution >= 4 is 11.9 Å². The van der Waals surface area contributed by atoms with E-state index < -0.39 is 0 Å². The topological polar surface area (TPSA) is 102 Å². The lowest BCUT2D eigenvalue weighted by molar-refractivity contribution is -0.126.